The van der Waals surface area contributed by atoms with Crippen molar-refractivity contribution in [2.45, 2.75) is 6.42 Å². The third-order valence-electron chi connectivity index (χ3n) is 2.40. The normalized spacial score (nSPS) is 10.1. The van der Waals surface area contributed by atoms with E-state index >= 15 is 0 Å². The summed E-state index contributed by atoms with van der Waals surface area (Å²) in [6.45, 7) is 0.599. The Hall–Kier alpha value is -1.92. The third kappa shape index (κ3) is 3.28. The minimum absolute atomic E-state index is 0.191. The molecule has 0 radical (unpaired) electrons. The Labute approximate surface area is 109 Å². The van der Waals surface area contributed by atoms with Crippen LogP contribution < -0.4 is 16.6 Å². The van der Waals surface area contributed by atoms with Crippen molar-refractivity contribution >= 4 is 22.9 Å². The largest absolute Gasteiger partial charge is 0.350 e. The average Bonchev–Trinajstić information content (AvgIpc) is 2.92. The van der Waals surface area contributed by atoms with Crippen LogP contribution in [0.15, 0.2) is 35.8 Å². The van der Waals surface area contributed by atoms with Crippen molar-refractivity contribution in [1.29, 1.82) is 0 Å². The van der Waals surface area contributed by atoms with Crippen LogP contribution in [0.1, 0.15) is 15.4 Å². The first-order valence-electron chi connectivity index (χ1n) is 5.53. The van der Waals surface area contributed by atoms with Gasteiger partial charge in [-0.3, -0.25) is 15.6 Å². The number of carbonyl (C=O) groups excluding carboxylic acids is 1. The van der Waals surface area contributed by atoms with Crippen molar-refractivity contribution < 1.29 is 4.79 Å². The molecule has 2 rings (SSSR count). The Balaban J connectivity index is 1.87. The topological polar surface area (TPSA) is 80.0 Å². The van der Waals surface area contributed by atoms with E-state index < -0.39 is 0 Å². The smallest absolute Gasteiger partial charge is 0.269 e. The van der Waals surface area contributed by atoms with Gasteiger partial charge < -0.3 is 10.7 Å². The van der Waals surface area contributed by atoms with E-state index in [1.807, 2.05) is 17.5 Å². The summed E-state index contributed by atoms with van der Waals surface area (Å²) in [5.74, 6) is 5.08. The summed E-state index contributed by atoms with van der Waals surface area (Å²) in [6, 6.07) is 7.36. The number of carbonyl (C=O) groups is 1. The average molecular weight is 262 g/mol. The monoisotopic (exact) mass is 262 g/mol. The standard InChI is InChI=1S/C12H14N4OS/c13-16-9-3-5-14-11(8-9)12(17)15-6-4-10-2-1-7-18-10/h1-3,5,7-8H,4,6,13H2,(H,14,16)(H,15,17). The number of aromatic nitrogens is 1. The number of hydrogen-bond acceptors (Lipinski definition) is 5. The van der Waals surface area contributed by atoms with Gasteiger partial charge in [-0.25, -0.2) is 0 Å². The van der Waals surface area contributed by atoms with Gasteiger partial charge in [-0.15, -0.1) is 11.3 Å². The lowest BCUT2D eigenvalue weighted by Crippen LogP contribution is -2.26. The molecule has 0 saturated carbocycles. The summed E-state index contributed by atoms with van der Waals surface area (Å²) in [5.41, 5.74) is 3.50. The van der Waals surface area contributed by atoms with E-state index in [-0.39, 0.29) is 5.91 Å². The lowest BCUT2D eigenvalue weighted by molar-refractivity contribution is 0.0949. The van der Waals surface area contributed by atoms with Crippen molar-refractivity contribution in [2.75, 3.05) is 12.0 Å². The Morgan fingerprint density at radius 2 is 2.33 bits per heavy atom. The number of hydrazine groups is 1. The lowest BCUT2D eigenvalue weighted by atomic mass is 10.3. The van der Waals surface area contributed by atoms with Gasteiger partial charge in [-0.2, -0.15) is 0 Å². The summed E-state index contributed by atoms with van der Waals surface area (Å²) in [6.07, 6.45) is 2.38. The molecule has 2 aromatic rings. The first-order chi connectivity index (χ1) is 8.79. The summed E-state index contributed by atoms with van der Waals surface area (Å²) in [7, 11) is 0. The zero-order chi connectivity index (χ0) is 12.8. The molecule has 2 heterocycles. The quantitative estimate of drug-likeness (QED) is 0.562. The second-order valence-corrected chi connectivity index (χ2v) is 4.69. The van der Waals surface area contributed by atoms with Gasteiger partial charge >= 0.3 is 0 Å². The molecule has 0 saturated heterocycles. The van der Waals surface area contributed by atoms with Gasteiger partial charge in [0.2, 0.25) is 0 Å². The maximum absolute atomic E-state index is 11.8. The van der Waals surface area contributed by atoms with Crippen LogP contribution in [-0.4, -0.2) is 17.4 Å². The predicted molar refractivity (Wildman–Crippen MR) is 72.4 cm³/mol. The fraction of sp³-hybridized carbons (Fsp3) is 0.167. The second kappa shape index (κ2) is 6.13. The van der Waals surface area contributed by atoms with E-state index in [1.54, 1.807) is 29.7 Å². The van der Waals surface area contributed by atoms with Crippen molar-refractivity contribution in [3.63, 3.8) is 0 Å². The Bertz CT molecular complexity index is 513. The maximum atomic E-state index is 11.8. The minimum atomic E-state index is -0.191. The number of thiophene rings is 1. The van der Waals surface area contributed by atoms with Gasteiger partial charge in [0.05, 0.1) is 5.69 Å². The number of hydrogen-bond donors (Lipinski definition) is 3. The van der Waals surface area contributed by atoms with Gasteiger partial charge in [0, 0.05) is 17.6 Å². The van der Waals surface area contributed by atoms with Crippen molar-refractivity contribution in [3.05, 3.63) is 46.4 Å². The lowest BCUT2D eigenvalue weighted by Gasteiger charge is -2.05. The molecule has 0 aromatic carbocycles. The summed E-state index contributed by atoms with van der Waals surface area (Å²) in [5, 5.41) is 4.85. The second-order valence-electron chi connectivity index (χ2n) is 3.66. The molecule has 0 bridgehead atoms. The molecule has 94 valence electrons. The van der Waals surface area contributed by atoms with Crippen molar-refractivity contribution in [3.8, 4) is 0 Å². The first kappa shape index (κ1) is 12.5. The van der Waals surface area contributed by atoms with E-state index in [0.717, 1.165) is 6.42 Å². The molecule has 4 N–H and O–H groups in total. The number of pyridine rings is 1. The highest BCUT2D eigenvalue weighted by Gasteiger charge is 2.07. The molecule has 6 heteroatoms. The summed E-state index contributed by atoms with van der Waals surface area (Å²) < 4.78 is 0. The molecular weight excluding hydrogens is 248 g/mol. The van der Waals surface area contributed by atoms with Gasteiger partial charge in [0.25, 0.3) is 5.91 Å². The van der Waals surface area contributed by atoms with E-state index in [2.05, 4.69) is 15.7 Å². The highest BCUT2D eigenvalue weighted by Crippen LogP contribution is 2.09. The van der Waals surface area contributed by atoms with Crippen LogP contribution in [-0.2, 0) is 6.42 Å². The molecule has 0 aliphatic rings. The number of nitrogens with two attached hydrogens (primary N) is 1. The predicted octanol–water partition coefficient (Wildman–Crippen LogP) is 1.40. The third-order valence-corrected chi connectivity index (χ3v) is 3.33. The molecule has 18 heavy (non-hydrogen) atoms. The van der Waals surface area contributed by atoms with E-state index in [4.69, 9.17) is 5.84 Å². The minimum Gasteiger partial charge on any atom is -0.350 e. The van der Waals surface area contributed by atoms with Gasteiger partial charge in [-0.1, -0.05) is 6.07 Å². The zero-order valence-corrected chi connectivity index (χ0v) is 10.5. The van der Waals surface area contributed by atoms with Crippen LogP contribution >= 0.6 is 11.3 Å². The van der Waals surface area contributed by atoms with E-state index in [9.17, 15) is 4.79 Å². The van der Waals surface area contributed by atoms with Gasteiger partial charge in [0.15, 0.2) is 0 Å². The molecule has 2 aromatic heterocycles. The molecule has 0 unspecified atom stereocenters. The summed E-state index contributed by atoms with van der Waals surface area (Å²) >= 11 is 1.68. The highest BCUT2D eigenvalue weighted by atomic mass is 32.1. The van der Waals surface area contributed by atoms with Crippen molar-refractivity contribution in [2.24, 2.45) is 5.84 Å². The zero-order valence-electron chi connectivity index (χ0n) is 9.72. The maximum Gasteiger partial charge on any atom is 0.269 e. The first-order valence-corrected chi connectivity index (χ1v) is 6.41. The molecule has 0 atom stereocenters. The van der Waals surface area contributed by atoms with Crippen LogP contribution in [0.5, 0.6) is 0 Å². The number of nitrogens with zero attached hydrogens (tertiary/aromatic N) is 1. The molecule has 1 amide bonds. The Kier molecular flexibility index (Phi) is 4.27. The molecular formula is C12H14N4OS. The van der Waals surface area contributed by atoms with Crippen LogP contribution in [0.3, 0.4) is 0 Å². The van der Waals surface area contributed by atoms with Gasteiger partial charge in [0.1, 0.15) is 5.69 Å². The number of amides is 1. The van der Waals surface area contributed by atoms with E-state index in [0.29, 0.717) is 17.9 Å². The van der Waals surface area contributed by atoms with Gasteiger partial charge in [-0.05, 0) is 30.0 Å². The van der Waals surface area contributed by atoms with Crippen LogP contribution in [0.2, 0.25) is 0 Å². The molecule has 0 spiro atoms. The molecule has 0 fully saturated rings. The summed E-state index contributed by atoms with van der Waals surface area (Å²) in [4.78, 5) is 17.1. The number of anilines is 1. The fourth-order valence-corrected chi connectivity index (χ4v) is 2.20. The molecule has 0 aliphatic heterocycles. The fourth-order valence-electron chi connectivity index (χ4n) is 1.49. The Morgan fingerprint density at radius 3 is 3.06 bits per heavy atom. The molecule has 5 nitrogen and oxygen atoms in total. The van der Waals surface area contributed by atoms with Crippen LogP contribution in [0, 0.1) is 0 Å². The SMILES string of the molecule is NNc1ccnc(C(=O)NCCc2cccs2)c1. The van der Waals surface area contributed by atoms with Crippen LogP contribution in [0.25, 0.3) is 0 Å². The number of nitrogen functional groups attached to an aromatic ring is 1. The number of nitrogens with one attached hydrogen (secondary N) is 2. The van der Waals surface area contributed by atoms with E-state index in [1.165, 1.54) is 4.88 Å². The molecule has 0 aliphatic carbocycles. The van der Waals surface area contributed by atoms with Crippen molar-refractivity contribution in [1.82, 2.24) is 10.3 Å². The number of rotatable bonds is 5. The van der Waals surface area contributed by atoms with Crippen LogP contribution in [0.4, 0.5) is 5.69 Å². The highest BCUT2D eigenvalue weighted by molar-refractivity contribution is 7.09. The Morgan fingerprint density at radius 1 is 1.44 bits per heavy atom.